The highest BCUT2D eigenvalue weighted by Crippen LogP contribution is 2.41. The van der Waals surface area contributed by atoms with Crippen molar-refractivity contribution in [2.45, 2.75) is 19.3 Å². The fourth-order valence-corrected chi connectivity index (χ4v) is 1.38. The van der Waals surface area contributed by atoms with E-state index in [1.54, 1.807) is 5.57 Å². The van der Waals surface area contributed by atoms with Crippen molar-refractivity contribution in [3.63, 3.8) is 0 Å². The molecule has 32 valence electrons. The van der Waals surface area contributed by atoms with Gasteiger partial charge in [0.1, 0.15) is 0 Å². The molecule has 0 radical (unpaired) electrons. The third-order valence-corrected chi connectivity index (χ3v) is 1.83. The first kappa shape index (κ1) is 2.84. The molecule has 0 saturated heterocycles. The molecule has 0 aromatic heterocycles. The fraction of sp³-hybridized carbons (Fsp3) is 0.667. The lowest BCUT2D eigenvalue weighted by Crippen LogP contribution is -1.94. The van der Waals surface area contributed by atoms with Crippen LogP contribution in [-0.4, -0.2) is 0 Å². The van der Waals surface area contributed by atoms with Crippen LogP contribution in [0.2, 0.25) is 0 Å². The van der Waals surface area contributed by atoms with Crippen molar-refractivity contribution in [3.05, 3.63) is 11.6 Å². The van der Waals surface area contributed by atoms with E-state index in [4.69, 9.17) is 0 Å². The molecule has 1 atom stereocenters. The van der Waals surface area contributed by atoms with Crippen molar-refractivity contribution in [3.8, 4) is 0 Å². The van der Waals surface area contributed by atoms with E-state index in [2.05, 4.69) is 6.08 Å². The van der Waals surface area contributed by atoms with E-state index < -0.39 is 0 Å². The molecule has 1 saturated carbocycles. The van der Waals surface area contributed by atoms with E-state index >= 15 is 0 Å². The summed E-state index contributed by atoms with van der Waals surface area (Å²) < 4.78 is 0. The van der Waals surface area contributed by atoms with E-state index in [-0.39, 0.29) is 0 Å². The van der Waals surface area contributed by atoms with Crippen LogP contribution < -0.4 is 0 Å². The second kappa shape index (κ2) is 0.699. The maximum atomic E-state index is 2.42. The van der Waals surface area contributed by atoms with Crippen LogP contribution in [0.1, 0.15) is 19.3 Å². The summed E-state index contributed by atoms with van der Waals surface area (Å²) in [6.45, 7) is 0. The quantitative estimate of drug-likeness (QED) is 0.389. The Hall–Kier alpha value is -0.260. The molecule has 0 aromatic rings. The van der Waals surface area contributed by atoms with Crippen LogP contribution in [0.4, 0.5) is 0 Å². The Kier molecular flexibility index (Phi) is 0.331. The number of fused-ring (bicyclic) bond motifs is 1. The van der Waals surface area contributed by atoms with Crippen molar-refractivity contribution in [2.75, 3.05) is 0 Å². The topological polar surface area (TPSA) is 0 Å². The average Bonchev–Trinajstić information content (AvgIpc) is 1.72. The molecule has 3 aliphatic rings. The molecular weight excluding hydrogens is 72.1 g/mol. The van der Waals surface area contributed by atoms with Gasteiger partial charge in [0, 0.05) is 0 Å². The third-order valence-electron chi connectivity index (χ3n) is 1.83. The molecule has 0 nitrogen and oxygen atoms in total. The van der Waals surface area contributed by atoms with Gasteiger partial charge in [-0.05, 0) is 25.2 Å². The molecule has 3 rings (SSSR count). The molecule has 0 aliphatic heterocycles. The lowest BCUT2D eigenvalue weighted by Gasteiger charge is -2.08. The molecule has 0 heterocycles. The van der Waals surface area contributed by atoms with Crippen molar-refractivity contribution in [2.24, 2.45) is 5.92 Å². The molecule has 6 heavy (non-hydrogen) atoms. The van der Waals surface area contributed by atoms with Crippen LogP contribution in [0.5, 0.6) is 0 Å². The summed E-state index contributed by atoms with van der Waals surface area (Å²) >= 11 is 0. The molecule has 2 bridgehead atoms. The summed E-state index contributed by atoms with van der Waals surface area (Å²) in [5.74, 6) is 1.03. The predicted octanol–water partition coefficient (Wildman–Crippen LogP) is 1.73. The van der Waals surface area contributed by atoms with Gasteiger partial charge in [0.25, 0.3) is 0 Å². The summed E-state index contributed by atoms with van der Waals surface area (Å²) in [4.78, 5) is 0. The molecule has 0 unspecified atom stereocenters. The smallest absolute Gasteiger partial charge is 0.0191 e. The maximum Gasteiger partial charge on any atom is -0.0191 e. The number of hydrogen-bond donors (Lipinski definition) is 0. The highest BCUT2D eigenvalue weighted by molar-refractivity contribution is 5.22. The van der Waals surface area contributed by atoms with E-state index in [1.165, 1.54) is 19.3 Å². The van der Waals surface area contributed by atoms with Crippen molar-refractivity contribution in [1.29, 1.82) is 0 Å². The van der Waals surface area contributed by atoms with Crippen molar-refractivity contribution >= 4 is 0 Å². The molecule has 0 heteroatoms. The summed E-state index contributed by atoms with van der Waals surface area (Å²) in [5, 5.41) is 0. The van der Waals surface area contributed by atoms with Gasteiger partial charge in [0.2, 0.25) is 0 Å². The van der Waals surface area contributed by atoms with Gasteiger partial charge in [-0.2, -0.15) is 0 Å². The van der Waals surface area contributed by atoms with Gasteiger partial charge < -0.3 is 0 Å². The first-order valence-corrected chi connectivity index (χ1v) is 2.65. The van der Waals surface area contributed by atoms with Gasteiger partial charge in [-0.25, -0.2) is 0 Å². The Morgan fingerprint density at radius 2 is 2.50 bits per heavy atom. The average molecular weight is 80.1 g/mol. The monoisotopic (exact) mass is 80.1 g/mol. The van der Waals surface area contributed by atoms with Crippen LogP contribution in [-0.2, 0) is 0 Å². The molecule has 3 aliphatic carbocycles. The normalized spacial score (nSPS) is 38.7. The summed E-state index contributed by atoms with van der Waals surface area (Å²) in [7, 11) is 0. The molecule has 0 amide bonds. The van der Waals surface area contributed by atoms with Crippen LogP contribution in [0.3, 0.4) is 0 Å². The number of rotatable bonds is 0. The molecule has 0 N–H and O–H groups in total. The Bertz CT molecular complexity index is 96.6. The molecule has 0 spiro atoms. The maximum absolute atomic E-state index is 2.42. The van der Waals surface area contributed by atoms with Crippen molar-refractivity contribution in [1.82, 2.24) is 0 Å². The standard InChI is InChI=1S/C6H8/c1-2-6-3-5(1)4-6/h3,5H,1-2,4H2/t5-/m1/s1. The van der Waals surface area contributed by atoms with Gasteiger partial charge in [0.05, 0.1) is 0 Å². The largest absolute Gasteiger partial charge is 0.0819 e. The molecular formula is C6H8. The number of hydrogen-bond acceptors (Lipinski definition) is 0. The van der Waals surface area contributed by atoms with Gasteiger partial charge in [0.15, 0.2) is 0 Å². The first-order valence-electron chi connectivity index (χ1n) is 2.65. The van der Waals surface area contributed by atoms with E-state index in [9.17, 15) is 0 Å². The highest BCUT2D eigenvalue weighted by Gasteiger charge is 2.25. The fourth-order valence-electron chi connectivity index (χ4n) is 1.38. The summed E-state index contributed by atoms with van der Waals surface area (Å²) in [5.41, 5.74) is 1.72. The highest BCUT2D eigenvalue weighted by atomic mass is 14.3. The van der Waals surface area contributed by atoms with Crippen LogP contribution in [0, 0.1) is 5.92 Å². The minimum atomic E-state index is 1.03. The van der Waals surface area contributed by atoms with E-state index in [0.29, 0.717) is 0 Å². The van der Waals surface area contributed by atoms with Crippen molar-refractivity contribution < 1.29 is 0 Å². The zero-order valence-electron chi connectivity index (χ0n) is 3.78. The summed E-state index contributed by atoms with van der Waals surface area (Å²) in [6, 6.07) is 0. The second-order valence-corrected chi connectivity index (χ2v) is 2.33. The van der Waals surface area contributed by atoms with Crippen LogP contribution >= 0.6 is 0 Å². The Balaban J connectivity index is 2.39. The summed E-state index contributed by atoms with van der Waals surface area (Å²) in [6.07, 6.45) is 6.75. The molecule has 0 aromatic carbocycles. The lowest BCUT2D eigenvalue weighted by atomic mass is 9.97. The van der Waals surface area contributed by atoms with Gasteiger partial charge in [-0.1, -0.05) is 11.6 Å². The van der Waals surface area contributed by atoms with Gasteiger partial charge in [-0.3, -0.25) is 0 Å². The minimum Gasteiger partial charge on any atom is -0.0819 e. The number of allylic oxidation sites excluding steroid dienone is 2. The Labute approximate surface area is 37.9 Å². The third kappa shape index (κ3) is 0.173. The minimum absolute atomic E-state index is 1.03. The van der Waals surface area contributed by atoms with Gasteiger partial charge in [-0.15, -0.1) is 0 Å². The SMILES string of the molecule is C1=C2CC[C@H]1C2. The zero-order chi connectivity index (χ0) is 3.98. The van der Waals surface area contributed by atoms with E-state index in [0.717, 1.165) is 5.92 Å². The van der Waals surface area contributed by atoms with Gasteiger partial charge >= 0.3 is 0 Å². The Morgan fingerprint density at radius 1 is 1.67 bits per heavy atom. The second-order valence-electron chi connectivity index (χ2n) is 2.33. The lowest BCUT2D eigenvalue weighted by molar-refractivity contribution is 0.665. The van der Waals surface area contributed by atoms with E-state index in [1.807, 2.05) is 0 Å². The first-order chi connectivity index (χ1) is 2.95. The van der Waals surface area contributed by atoms with Crippen LogP contribution in [0.25, 0.3) is 0 Å². The predicted molar refractivity (Wildman–Crippen MR) is 25.4 cm³/mol. The van der Waals surface area contributed by atoms with Crippen LogP contribution in [0.15, 0.2) is 11.6 Å². The Morgan fingerprint density at radius 3 is 2.67 bits per heavy atom. The zero-order valence-corrected chi connectivity index (χ0v) is 3.78. The molecule has 1 fully saturated rings.